The maximum absolute atomic E-state index is 11.2. The topological polar surface area (TPSA) is 116 Å². The Morgan fingerprint density at radius 2 is 1.48 bits per heavy atom. The van der Waals surface area contributed by atoms with E-state index in [0.717, 1.165) is 11.3 Å². The summed E-state index contributed by atoms with van der Waals surface area (Å²) in [6.45, 7) is 3.63. The van der Waals surface area contributed by atoms with Gasteiger partial charge in [-0.1, -0.05) is 23.8 Å². The fourth-order valence-electron chi connectivity index (χ4n) is 1.76. The van der Waals surface area contributed by atoms with Gasteiger partial charge in [0.25, 0.3) is 10.1 Å². The van der Waals surface area contributed by atoms with Crippen molar-refractivity contribution in [2.45, 2.75) is 18.7 Å². The molecule has 0 atom stereocenters. The van der Waals surface area contributed by atoms with Crippen LogP contribution in [-0.2, 0) is 10.1 Å². The quantitative estimate of drug-likeness (QED) is 0.445. The van der Waals surface area contributed by atoms with Crippen LogP contribution in [-0.4, -0.2) is 18.2 Å². The Balaban J connectivity index is 0.00000112. The average Bonchev–Trinajstić information content (AvgIpc) is 2.43. The van der Waals surface area contributed by atoms with Crippen molar-refractivity contribution < 1.29 is 22.9 Å². The summed E-state index contributed by atoms with van der Waals surface area (Å²) in [5.74, 6) is 0. The second-order valence-electron chi connectivity index (χ2n) is 4.53. The van der Waals surface area contributed by atoms with E-state index in [1.54, 1.807) is 19.1 Å². The molecule has 3 N–H and O–H groups in total. The fraction of sp³-hybridized carbons (Fsp3) is 0.143. The zero-order chi connectivity index (χ0) is 16.8. The van der Waals surface area contributed by atoms with Crippen molar-refractivity contribution in [2.75, 3.05) is 5.32 Å². The molecule has 0 radical (unpaired) electrons. The lowest BCUT2D eigenvalue weighted by molar-refractivity contribution is 0.312. The van der Waals surface area contributed by atoms with Crippen molar-refractivity contribution in [1.82, 2.24) is 0 Å². The molecule has 0 aliphatic rings. The second kappa shape index (κ2) is 8.81. The van der Waals surface area contributed by atoms with E-state index in [1.165, 1.54) is 11.4 Å². The molecule has 0 saturated heterocycles. The number of benzene rings is 2. The summed E-state index contributed by atoms with van der Waals surface area (Å²) in [6.07, 6.45) is 0. The normalized spacial score (nSPS) is 9.87. The second-order valence-corrected chi connectivity index (χ2v) is 5.92. The molecule has 0 amide bonds. The molecule has 0 saturated carbocycles. The molecule has 0 aliphatic heterocycles. The highest BCUT2D eigenvalue weighted by molar-refractivity contribution is 7.85. The first-order valence-corrected chi connectivity index (χ1v) is 7.60. The molecule has 9 heteroatoms. The number of nitrogens with zero attached hydrogens (tertiary/aromatic N) is 1. The van der Waals surface area contributed by atoms with Gasteiger partial charge >= 0.3 is 0 Å². The minimum absolute atomic E-state index is 0. The van der Waals surface area contributed by atoms with E-state index in [2.05, 4.69) is 5.32 Å². The van der Waals surface area contributed by atoms with Gasteiger partial charge in [-0.05, 0) is 43.7 Å². The largest absolute Gasteiger partial charge is 0.379 e. The predicted octanol–water partition coefficient (Wildman–Crippen LogP) is 3.59. The maximum Gasteiger partial charge on any atom is 0.294 e. The van der Waals surface area contributed by atoms with Crippen molar-refractivity contribution in [1.29, 1.82) is 0 Å². The molecule has 126 valence electrons. The van der Waals surface area contributed by atoms with Crippen LogP contribution < -0.4 is 5.32 Å². The van der Waals surface area contributed by atoms with Crippen LogP contribution in [0.3, 0.4) is 0 Å². The van der Waals surface area contributed by atoms with Gasteiger partial charge in [-0.2, -0.15) is 8.42 Å². The van der Waals surface area contributed by atoms with Gasteiger partial charge in [-0.25, -0.2) is 0 Å². The summed E-state index contributed by atoms with van der Waals surface area (Å²) in [6, 6.07) is 12.6. The van der Waals surface area contributed by atoms with Gasteiger partial charge in [-0.3, -0.25) is 9.26 Å². The van der Waals surface area contributed by atoms with Gasteiger partial charge in [0.1, 0.15) is 0 Å². The smallest absolute Gasteiger partial charge is 0.294 e. The third-order valence-electron chi connectivity index (χ3n) is 2.81. The fourth-order valence-corrected chi connectivity index (χ4v) is 2.51. The van der Waals surface area contributed by atoms with Crippen LogP contribution in [0.4, 0.5) is 16.1 Å². The molecule has 7 nitrogen and oxygen atoms in total. The van der Waals surface area contributed by atoms with E-state index >= 15 is 0 Å². The van der Waals surface area contributed by atoms with Gasteiger partial charge < -0.3 is 10.5 Å². The van der Waals surface area contributed by atoms with Gasteiger partial charge in [0.2, 0.25) is 0 Å². The van der Waals surface area contributed by atoms with Crippen LogP contribution in [0.25, 0.3) is 0 Å². The van der Waals surface area contributed by atoms with Crippen LogP contribution in [0.5, 0.6) is 0 Å². The summed E-state index contributed by atoms with van der Waals surface area (Å²) < 4.78 is 31.6. The third kappa shape index (κ3) is 6.41. The predicted molar refractivity (Wildman–Crippen MR) is 85.5 cm³/mol. The van der Waals surface area contributed by atoms with Crippen LogP contribution in [0, 0.1) is 18.8 Å². The molecule has 0 heterocycles. The molecule has 0 spiro atoms. The number of nitrogens with one attached hydrogen (secondary N) is 1. The molecule has 2 aromatic carbocycles. The molecular formula is C14H17FN2O5S. The van der Waals surface area contributed by atoms with Crippen LogP contribution in [0.2, 0.25) is 0 Å². The Morgan fingerprint density at radius 3 is 1.96 bits per heavy atom. The zero-order valence-corrected chi connectivity index (χ0v) is 13.2. The lowest BCUT2D eigenvalue weighted by Crippen LogP contribution is -2.02. The maximum atomic E-state index is 11.2. The molecule has 23 heavy (non-hydrogen) atoms. The summed E-state index contributed by atoms with van der Waals surface area (Å²) in [5.41, 5.74) is 3.13. The Bertz CT molecular complexity index is 748. The Morgan fingerprint density at radius 1 is 1.00 bits per heavy atom. The molecule has 2 aromatic rings. The van der Waals surface area contributed by atoms with Crippen molar-refractivity contribution >= 4 is 21.5 Å². The molecule has 0 aliphatic carbocycles. The standard InChI is InChI=1S/C14H15NO3S.FH.HNO2/c1-10-3-6-12(7-4-10)15-13-8-5-11(2)14(9-13)19(16,17)18;;2-1-3/h3-9,15H,1-2H3,(H,16,17,18);1H;(H,2,3). The summed E-state index contributed by atoms with van der Waals surface area (Å²) >= 11 is 0. The highest BCUT2D eigenvalue weighted by Crippen LogP contribution is 2.23. The van der Waals surface area contributed by atoms with Gasteiger partial charge in [0.05, 0.1) is 4.90 Å². The lowest BCUT2D eigenvalue weighted by Gasteiger charge is -2.09. The van der Waals surface area contributed by atoms with E-state index in [0.29, 0.717) is 11.3 Å². The first kappa shape index (κ1) is 20.5. The minimum Gasteiger partial charge on any atom is -0.379 e. The van der Waals surface area contributed by atoms with Gasteiger partial charge in [0.15, 0.2) is 5.34 Å². The highest BCUT2D eigenvalue weighted by atomic mass is 32.2. The van der Waals surface area contributed by atoms with Crippen molar-refractivity contribution in [3.63, 3.8) is 0 Å². The molecular weight excluding hydrogens is 327 g/mol. The average molecular weight is 344 g/mol. The van der Waals surface area contributed by atoms with Crippen molar-refractivity contribution in [3.8, 4) is 0 Å². The van der Waals surface area contributed by atoms with Crippen molar-refractivity contribution in [3.05, 3.63) is 58.5 Å². The van der Waals surface area contributed by atoms with Crippen LogP contribution >= 0.6 is 0 Å². The van der Waals surface area contributed by atoms with Crippen molar-refractivity contribution in [2.24, 2.45) is 5.34 Å². The number of rotatable bonds is 3. The van der Waals surface area contributed by atoms with Gasteiger partial charge in [-0.15, -0.1) is 4.91 Å². The van der Waals surface area contributed by atoms with E-state index < -0.39 is 10.1 Å². The number of halogens is 1. The molecule has 0 aromatic heterocycles. The number of anilines is 2. The first-order valence-electron chi connectivity index (χ1n) is 6.16. The van der Waals surface area contributed by atoms with E-state index in [4.69, 9.17) is 14.7 Å². The molecule has 0 fully saturated rings. The number of aryl methyl sites for hydroxylation is 2. The SMILES string of the molecule is Cc1ccc(Nc2ccc(C)c(S(=O)(=O)O)c2)cc1.F.O=NO. The van der Waals surface area contributed by atoms with Crippen LogP contribution in [0.15, 0.2) is 52.7 Å². The van der Waals surface area contributed by atoms with Gasteiger partial charge in [0, 0.05) is 11.4 Å². The minimum atomic E-state index is -4.19. The number of hydrogen-bond donors (Lipinski definition) is 3. The Labute approximate surface area is 133 Å². The monoisotopic (exact) mass is 344 g/mol. The zero-order valence-electron chi connectivity index (χ0n) is 12.4. The highest BCUT2D eigenvalue weighted by Gasteiger charge is 2.13. The van der Waals surface area contributed by atoms with Crippen LogP contribution in [0.1, 0.15) is 11.1 Å². The van der Waals surface area contributed by atoms with E-state index in [-0.39, 0.29) is 9.60 Å². The lowest BCUT2D eigenvalue weighted by atomic mass is 10.2. The first-order chi connectivity index (χ1) is 10.3. The Hall–Kier alpha value is -2.52. The summed E-state index contributed by atoms with van der Waals surface area (Å²) in [4.78, 5) is 8.03. The molecule has 0 bridgehead atoms. The van der Waals surface area contributed by atoms with E-state index in [1.807, 2.05) is 31.2 Å². The Kier molecular flexibility index (Phi) is 7.84. The molecule has 2 rings (SSSR count). The van der Waals surface area contributed by atoms with E-state index in [9.17, 15) is 8.42 Å². The number of hydrogen-bond acceptors (Lipinski definition) is 5. The summed E-state index contributed by atoms with van der Waals surface area (Å²) in [7, 11) is -4.19. The summed E-state index contributed by atoms with van der Waals surface area (Å²) in [5, 5.41) is 11.0. The molecule has 0 unspecified atom stereocenters. The third-order valence-corrected chi connectivity index (χ3v) is 3.80.